The van der Waals surface area contributed by atoms with E-state index in [2.05, 4.69) is 11.6 Å². The summed E-state index contributed by atoms with van der Waals surface area (Å²) in [5.41, 5.74) is 2.08. The molecule has 0 saturated carbocycles. The topological polar surface area (TPSA) is 12.9 Å². The highest BCUT2D eigenvalue weighted by Gasteiger charge is 2.09. The predicted octanol–water partition coefficient (Wildman–Crippen LogP) is 3.73. The van der Waals surface area contributed by atoms with Crippen molar-refractivity contribution in [3.63, 3.8) is 0 Å². The summed E-state index contributed by atoms with van der Waals surface area (Å²) in [4.78, 5) is 4.29. The second-order valence-corrected chi connectivity index (χ2v) is 3.92. The highest BCUT2D eigenvalue weighted by Crippen LogP contribution is 2.21. The first-order chi connectivity index (χ1) is 8.29. The van der Waals surface area contributed by atoms with Crippen molar-refractivity contribution in [2.24, 2.45) is 0 Å². The van der Waals surface area contributed by atoms with E-state index in [4.69, 9.17) is 0 Å². The molecule has 86 valence electrons. The van der Waals surface area contributed by atoms with Crippen molar-refractivity contribution in [2.45, 2.75) is 12.3 Å². The lowest BCUT2D eigenvalue weighted by molar-refractivity contribution is 0.626. The van der Waals surface area contributed by atoms with Gasteiger partial charge in [-0.2, -0.15) is 0 Å². The molecule has 0 amide bonds. The van der Waals surface area contributed by atoms with E-state index in [0.717, 1.165) is 17.7 Å². The van der Waals surface area contributed by atoms with Gasteiger partial charge >= 0.3 is 0 Å². The number of halogens is 1. The lowest BCUT2D eigenvalue weighted by Crippen LogP contribution is -2.01. The molecule has 2 aromatic rings. The van der Waals surface area contributed by atoms with Gasteiger partial charge in [-0.25, -0.2) is 4.39 Å². The lowest BCUT2D eigenvalue weighted by Gasteiger charge is -2.12. The fraction of sp³-hybridized carbons (Fsp3) is 0.133. The molecule has 1 nitrogen and oxygen atoms in total. The lowest BCUT2D eigenvalue weighted by atomic mass is 9.94. The zero-order chi connectivity index (χ0) is 12.1. The summed E-state index contributed by atoms with van der Waals surface area (Å²) in [5.74, 6) is -0.0418. The highest BCUT2D eigenvalue weighted by atomic mass is 19.1. The summed E-state index contributed by atoms with van der Waals surface area (Å²) in [6, 6.07) is 12.4. The van der Waals surface area contributed by atoms with Crippen molar-refractivity contribution in [1.82, 2.24) is 4.98 Å². The Hall–Kier alpha value is -1.96. The molecule has 0 N–H and O–H groups in total. The van der Waals surface area contributed by atoms with Crippen molar-refractivity contribution in [3.05, 3.63) is 78.4 Å². The van der Waals surface area contributed by atoms with Gasteiger partial charge in [0.25, 0.3) is 0 Å². The van der Waals surface area contributed by atoms with E-state index in [9.17, 15) is 4.39 Å². The minimum absolute atomic E-state index is 0.172. The third kappa shape index (κ3) is 3.00. The molecule has 0 radical (unpaired) electrons. The van der Waals surface area contributed by atoms with Crippen LogP contribution >= 0.6 is 0 Å². The van der Waals surface area contributed by atoms with Gasteiger partial charge in [0.15, 0.2) is 0 Å². The normalized spacial score (nSPS) is 12.1. The van der Waals surface area contributed by atoms with Gasteiger partial charge < -0.3 is 0 Å². The average molecular weight is 227 g/mol. The van der Waals surface area contributed by atoms with Crippen molar-refractivity contribution in [3.8, 4) is 0 Å². The third-order valence-electron chi connectivity index (χ3n) is 2.74. The van der Waals surface area contributed by atoms with Crippen molar-refractivity contribution in [2.75, 3.05) is 0 Å². The van der Waals surface area contributed by atoms with Crippen LogP contribution in [0.25, 0.3) is 0 Å². The van der Waals surface area contributed by atoms with Gasteiger partial charge in [0.1, 0.15) is 5.82 Å². The van der Waals surface area contributed by atoms with E-state index in [1.165, 1.54) is 12.1 Å². The summed E-state index contributed by atoms with van der Waals surface area (Å²) in [6.45, 7) is 3.83. The van der Waals surface area contributed by atoms with E-state index in [0.29, 0.717) is 0 Å². The van der Waals surface area contributed by atoms with Crippen LogP contribution in [0.4, 0.5) is 4.39 Å². The molecule has 1 atom stereocenters. The molecule has 1 aromatic carbocycles. The van der Waals surface area contributed by atoms with Crippen molar-refractivity contribution in [1.29, 1.82) is 0 Å². The summed E-state index contributed by atoms with van der Waals surface area (Å²) < 4.78 is 12.8. The van der Waals surface area contributed by atoms with Crippen LogP contribution < -0.4 is 0 Å². The molecule has 0 aliphatic rings. The number of hydrogen-bond acceptors (Lipinski definition) is 1. The van der Waals surface area contributed by atoms with Gasteiger partial charge in [0, 0.05) is 17.8 Å². The Morgan fingerprint density at radius 1 is 1.18 bits per heavy atom. The number of pyridine rings is 1. The van der Waals surface area contributed by atoms with Crippen LogP contribution in [-0.2, 0) is 6.42 Å². The standard InChI is InChI=1S/C15H14FN/c1-2-12(11-15-5-3-4-10-17-15)13-6-8-14(16)9-7-13/h2-10,12H,1,11H2/t12-/m1/s1. The quantitative estimate of drug-likeness (QED) is 0.725. The molecule has 17 heavy (non-hydrogen) atoms. The van der Waals surface area contributed by atoms with E-state index in [-0.39, 0.29) is 11.7 Å². The summed E-state index contributed by atoms with van der Waals surface area (Å²) in [5, 5.41) is 0. The monoisotopic (exact) mass is 227 g/mol. The number of nitrogens with zero attached hydrogens (tertiary/aromatic N) is 1. The number of allylic oxidation sites excluding steroid dienone is 1. The Morgan fingerprint density at radius 2 is 1.94 bits per heavy atom. The molecule has 0 unspecified atom stereocenters. The molecule has 2 heteroatoms. The molecular formula is C15H14FN. The third-order valence-corrected chi connectivity index (χ3v) is 2.74. The fourth-order valence-corrected chi connectivity index (χ4v) is 1.79. The summed E-state index contributed by atoms with van der Waals surface area (Å²) in [6.07, 6.45) is 4.44. The molecule has 1 heterocycles. The van der Waals surface area contributed by atoms with Crippen LogP contribution in [0.15, 0.2) is 61.3 Å². The zero-order valence-electron chi connectivity index (χ0n) is 9.51. The first-order valence-electron chi connectivity index (χ1n) is 5.57. The maximum absolute atomic E-state index is 12.8. The predicted molar refractivity (Wildman–Crippen MR) is 67.3 cm³/mol. The second-order valence-electron chi connectivity index (χ2n) is 3.92. The largest absolute Gasteiger partial charge is 0.261 e. The highest BCUT2D eigenvalue weighted by molar-refractivity contribution is 5.25. The molecule has 0 aliphatic carbocycles. The average Bonchev–Trinajstić information content (AvgIpc) is 2.38. The molecule has 2 rings (SSSR count). The maximum Gasteiger partial charge on any atom is 0.123 e. The molecular weight excluding hydrogens is 213 g/mol. The maximum atomic E-state index is 12.8. The Kier molecular flexibility index (Phi) is 3.66. The first-order valence-corrected chi connectivity index (χ1v) is 5.57. The summed E-state index contributed by atoms with van der Waals surface area (Å²) in [7, 11) is 0. The van der Waals surface area contributed by atoms with Gasteiger partial charge in [-0.15, -0.1) is 6.58 Å². The molecule has 0 saturated heterocycles. The fourth-order valence-electron chi connectivity index (χ4n) is 1.79. The van der Waals surface area contributed by atoms with Gasteiger partial charge in [-0.3, -0.25) is 4.98 Å². The number of benzene rings is 1. The second kappa shape index (κ2) is 5.39. The van der Waals surface area contributed by atoms with Crippen LogP contribution in [0, 0.1) is 5.82 Å². The van der Waals surface area contributed by atoms with Crippen LogP contribution in [-0.4, -0.2) is 4.98 Å². The first kappa shape index (κ1) is 11.5. The van der Waals surface area contributed by atoms with Crippen molar-refractivity contribution >= 4 is 0 Å². The van der Waals surface area contributed by atoms with Gasteiger partial charge in [0.05, 0.1) is 0 Å². The smallest absolute Gasteiger partial charge is 0.123 e. The van der Waals surface area contributed by atoms with Gasteiger partial charge in [0.2, 0.25) is 0 Å². The number of aromatic nitrogens is 1. The van der Waals surface area contributed by atoms with Crippen LogP contribution in [0.1, 0.15) is 17.2 Å². The minimum atomic E-state index is -0.214. The molecule has 0 bridgehead atoms. The van der Waals surface area contributed by atoms with E-state index in [1.54, 1.807) is 18.3 Å². The minimum Gasteiger partial charge on any atom is -0.261 e. The summed E-state index contributed by atoms with van der Waals surface area (Å²) >= 11 is 0. The van der Waals surface area contributed by atoms with Gasteiger partial charge in [-0.05, 0) is 36.2 Å². The SMILES string of the molecule is C=C[C@H](Cc1ccccn1)c1ccc(F)cc1. The van der Waals surface area contributed by atoms with E-state index < -0.39 is 0 Å². The Morgan fingerprint density at radius 3 is 2.53 bits per heavy atom. The number of hydrogen-bond donors (Lipinski definition) is 0. The molecule has 0 spiro atoms. The van der Waals surface area contributed by atoms with Crippen LogP contribution in [0.5, 0.6) is 0 Å². The Labute approximate surface area is 101 Å². The van der Waals surface area contributed by atoms with Crippen LogP contribution in [0.3, 0.4) is 0 Å². The Bertz CT molecular complexity index is 476. The van der Waals surface area contributed by atoms with E-state index in [1.807, 2.05) is 24.3 Å². The zero-order valence-corrected chi connectivity index (χ0v) is 9.51. The van der Waals surface area contributed by atoms with Gasteiger partial charge in [-0.1, -0.05) is 24.3 Å². The van der Waals surface area contributed by atoms with E-state index >= 15 is 0 Å². The van der Waals surface area contributed by atoms with Crippen molar-refractivity contribution < 1.29 is 4.39 Å². The Balaban J connectivity index is 2.17. The number of rotatable bonds is 4. The van der Waals surface area contributed by atoms with Crippen LogP contribution in [0.2, 0.25) is 0 Å². The molecule has 1 aromatic heterocycles. The molecule has 0 aliphatic heterocycles. The molecule has 0 fully saturated rings.